The number of benzene rings is 1. The van der Waals surface area contributed by atoms with Crippen LogP contribution in [0, 0.1) is 0 Å². The van der Waals surface area contributed by atoms with Crippen LogP contribution in [0.1, 0.15) is 15.9 Å². The molecule has 1 aromatic carbocycles. The van der Waals surface area contributed by atoms with E-state index in [4.69, 9.17) is 4.74 Å². The third-order valence-electron chi connectivity index (χ3n) is 2.78. The number of aromatic nitrogens is 1. The van der Waals surface area contributed by atoms with Crippen LogP contribution in [0.3, 0.4) is 0 Å². The third kappa shape index (κ3) is 3.50. The van der Waals surface area contributed by atoms with Gasteiger partial charge in [-0.1, -0.05) is 6.58 Å². The van der Waals surface area contributed by atoms with E-state index in [1.807, 2.05) is 0 Å². The molecule has 0 spiro atoms. The standard InChI is InChI=1S/C15H15N3O3/c1-10(11-5-6-13(19)14(8-11)21-2)17-18-15(20)12-4-3-7-16-9-12/h3-9,17,19H,1H2,2H3,(H,18,20). The normalized spacial score (nSPS) is 9.76. The Morgan fingerprint density at radius 2 is 2.10 bits per heavy atom. The fraction of sp³-hybridized carbons (Fsp3) is 0.0667. The Balaban J connectivity index is 2.00. The minimum absolute atomic E-state index is 0.0356. The summed E-state index contributed by atoms with van der Waals surface area (Å²) in [5.74, 6) is 0.0393. The highest BCUT2D eigenvalue weighted by molar-refractivity contribution is 5.94. The number of hydrogen-bond acceptors (Lipinski definition) is 5. The van der Waals surface area contributed by atoms with E-state index >= 15 is 0 Å². The van der Waals surface area contributed by atoms with E-state index in [9.17, 15) is 9.90 Å². The minimum atomic E-state index is -0.324. The number of ether oxygens (including phenoxy) is 1. The highest BCUT2D eigenvalue weighted by Crippen LogP contribution is 2.27. The fourth-order valence-electron chi connectivity index (χ4n) is 1.64. The topological polar surface area (TPSA) is 83.5 Å². The van der Waals surface area contributed by atoms with Crippen molar-refractivity contribution in [2.75, 3.05) is 7.11 Å². The van der Waals surface area contributed by atoms with Gasteiger partial charge in [-0.3, -0.25) is 20.6 Å². The fourth-order valence-corrected chi connectivity index (χ4v) is 1.64. The first kappa shape index (κ1) is 14.4. The molecule has 1 aromatic heterocycles. The van der Waals surface area contributed by atoms with Crippen LogP contribution in [-0.4, -0.2) is 23.1 Å². The van der Waals surface area contributed by atoms with Crippen LogP contribution in [0.25, 0.3) is 5.70 Å². The van der Waals surface area contributed by atoms with Gasteiger partial charge in [0.1, 0.15) is 0 Å². The maximum atomic E-state index is 11.8. The molecule has 21 heavy (non-hydrogen) atoms. The van der Waals surface area contributed by atoms with Gasteiger partial charge in [-0.15, -0.1) is 0 Å². The van der Waals surface area contributed by atoms with Gasteiger partial charge < -0.3 is 9.84 Å². The van der Waals surface area contributed by atoms with Crippen LogP contribution in [0.2, 0.25) is 0 Å². The minimum Gasteiger partial charge on any atom is -0.504 e. The van der Waals surface area contributed by atoms with Crippen molar-refractivity contribution in [3.05, 3.63) is 60.4 Å². The Morgan fingerprint density at radius 1 is 1.29 bits per heavy atom. The Labute approximate surface area is 122 Å². The SMILES string of the molecule is C=C(NNC(=O)c1cccnc1)c1ccc(O)c(OC)c1. The number of aromatic hydroxyl groups is 1. The van der Waals surface area contributed by atoms with Crippen LogP contribution in [0.5, 0.6) is 11.5 Å². The lowest BCUT2D eigenvalue weighted by atomic mass is 10.1. The van der Waals surface area contributed by atoms with Crippen molar-refractivity contribution >= 4 is 11.6 Å². The molecule has 0 aliphatic rings. The molecule has 2 rings (SSSR count). The van der Waals surface area contributed by atoms with Crippen molar-refractivity contribution in [3.8, 4) is 11.5 Å². The molecule has 0 saturated carbocycles. The Hall–Kier alpha value is -3.02. The average molecular weight is 285 g/mol. The molecule has 0 aliphatic carbocycles. The molecule has 2 aromatic rings. The number of carbonyl (C=O) groups is 1. The van der Waals surface area contributed by atoms with Gasteiger partial charge in [-0.25, -0.2) is 0 Å². The lowest BCUT2D eigenvalue weighted by molar-refractivity contribution is 0.0942. The monoisotopic (exact) mass is 285 g/mol. The van der Waals surface area contributed by atoms with Gasteiger partial charge in [0.25, 0.3) is 5.91 Å². The summed E-state index contributed by atoms with van der Waals surface area (Å²) >= 11 is 0. The summed E-state index contributed by atoms with van der Waals surface area (Å²) in [6.07, 6.45) is 3.05. The van der Waals surface area contributed by atoms with Crippen molar-refractivity contribution in [2.45, 2.75) is 0 Å². The lowest BCUT2D eigenvalue weighted by Crippen LogP contribution is -2.35. The van der Waals surface area contributed by atoms with Gasteiger partial charge >= 0.3 is 0 Å². The molecule has 108 valence electrons. The number of pyridine rings is 1. The molecule has 6 nitrogen and oxygen atoms in total. The van der Waals surface area contributed by atoms with Gasteiger partial charge in [0, 0.05) is 18.0 Å². The average Bonchev–Trinajstić information content (AvgIpc) is 2.53. The second kappa shape index (κ2) is 6.42. The molecule has 1 amide bonds. The molecule has 0 unspecified atom stereocenters. The van der Waals surface area contributed by atoms with E-state index in [-0.39, 0.29) is 11.7 Å². The number of carbonyl (C=O) groups excluding carboxylic acids is 1. The van der Waals surface area contributed by atoms with Gasteiger partial charge in [0.05, 0.1) is 18.4 Å². The first-order valence-electron chi connectivity index (χ1n) is 6.14. The Bertz CT molecular complexity index is 656. The Morgan fingerprint density at radius 3 is 2.76 bits per heavy atom. The maximum Gasteiger partial charge on any atom is 0.271 e. The number of rotatable bonds is 5. The zero-order valence-corrected chi connectivity index (χ0v) is 11.5. The molecular weight excluding hydrogens is 270 g/mol. The summed E-state index contributed by atoms with van der Waals surface area (Å²) in [6, 6.07) is 8.08. The number of methoxy groups -OCH3 is 1. The zero-order valence-electron chi connectivity index (χ0n) is 11.5. The number of hydrazine groups is 1. The van der Waals surface area contributed by atoms with E-state index in [0.29, 0.717) is 22.6 Å². The quantitative estimate of drug-likeness (QED) is 0.728. The van der Waals surface area contributed by atoms with E-state index in [1.165, 1.54) is 19.4 Å². The molecule has 0 saturated heterocycles. The van der Waals surface area contributed by atoms with Crippen molar-refractivity contribution in [1.82, 2.24) is 15.8 Å². The Kier molecular flexibility index (Phi) is 4.40. The smallest absolute Gasteiger partial charge is 0.271 e. The van der Waals surface area contributed by atoms with Crippen LogP contribution in [-0.2, 0) is 0 Å². The second-order valence-electron chi connectivity index (χ2n) is 4.19. The number of hydrogen-bond donors (Lipinski definition) is 3. The van der Waals surface area contributed by atoms with Crippen molar-refractivity contribution < 1.29 is 14.6 Å². The number of nitrogens with one attached hydrogen (secondary N) is 2. The first-order chi connectivity index (χ1) is 10.1. The summed E-state index contributed by atoms with van der Waals surface area (Å²) in [6.45, 7) is 3.82. The summed E-state index contributed by atoms with van der Waals surface area (Å²) in [5.41, 5.74) is 6.80. The van der Waals surface area contributed by atoms with Gasteiger partial charge in [0.2, 0.25) is 0 Å². The van der Waals surface area contributed by atoms with Gasteiger partial charge in [-0.05, 0) is 30.3 Å². The highest BCUT2D eigenvalue weighted by Gasteiger charge is 2.08. The van der Waals surface area contributed by atoms with Crippen molar-refractivity contribution in [2.24, 2.45) is 0 Å². The second-order valence-corrected chi connectivity index (χ2v) is 4.19. The number of nitrogens with zero attached hydrogens (tertiary/aromatic N) is 1. The van der Waals surface area contributed by atoms with Crippen LogP contribution in [0.15, 0.2) is 49.3 Å². The maximum absolute atomic E-state index is 11.8. The molecule has 0 atom stereocenters. The van der Waals surface area contributed by atoms with Crippen molar-refractivity contribution in [3.63, 3.8) is 0 Å². The molecule has 0 radical (unpaired) electrons. The molecule has 3 N–H and O–H groups in total. The summed E-state index contributed by atoms with van der Waals surface area (Å²) < 4.78 is 5.02. The summed E-state index contributed by atoms with van der Waals surface area (Å²) in [7, 11) is 1.46. The molecule has 0 bridgehead atoms. The molecule has 1 heterocycles. The third-order valence-corrected chi connectivity index (χ3v) is 2.78. The summed E-state index contributed by atoms with van der Waals surface area (Å²) in [5, 5.41) is 9.53. The number of amides is 1. The van der Waals surface area contributed by atoms with Gasteiger partial charge in [0.15, 0.2) is 11.5 Å². The lowest BCUT2D eigenvalue weighted by Gasteiger charge is -2.12. The van der Waals surface area contributed by atoms with Crippen LogP contribution < -0.4 is 15.6 Å². The van der Waals surface area contributed by atoms with Crippen LogP contribution >= 0.6 is 0 Å². The molecular formula is C15H15N3O3. The predicted octanol–water partition coefficient (Wildman–Crippen LogP) is 1.70. The molecule has 6 heteroatoms. The van der Waals surface area contributed by atoms with Crippen LogP contribution in [0.4, 0.5) is 0 Å². The molecule has 0 aliphatic heterocycles. The predicted molar refractivity (Wildman–Crippen MR) is 78.5 cm³/mol. The summed E-state index contributed by atoms with van der Waals surface area (Å²) in [4.78, 5) is 15.7. The highest BCUT2D eigenvalue weighted by atomic mass is 16.5. The van der Waals surface area contributed by atoms with Gasteiger partial charge in [-0.2, -0.15) is 0 Å². The van der Waals surface area contributed by atoms with E-state index in [1.54, 1.807) is 30.5 Å². The van der Waals surface area contributed by atoms with Crippen molar-refractivity contribution in [1.29, 1.82) is 0 Å². The first-order valence-corrected chi connectivity index (χ1v) is 6.14. The number of phenols is 1. The van der Waals surface area contributed by atoms with E-state index < -0.39 is 0 Å². The number of phenolic OH excluding ortho intramolecular Hbond substituents is 1. The largest absolute Gasteiger partial charge is 0.504 e. The van der Waals surface area contributed by atoms with E-state index in [2.05, 4.69) is 22.4 Å². The van der Waals surface area contributed by atoms with E-state index in [0.717, 1.165) is 0 Å². The molecule has 0 fully saturated rings. The zero-order chi connectivity index (χ0) is 15.2.